The number of piperidine rings is 2. The molecule has 0 aliphatic carbocycles. The van der Waals surface area contributed by atoms with Gasteiger partial charge in [0.15, 0.2) is 5.82 Å². The van der Waals surface area contributed by atoms with Crippen LogP contribution in [0.3, 0.4) is 0 Å². The molecule has 0 spiro atoms. The van der Waals surface area contributed by atoms with Gasteiger partial charge in [0.1, 0.15) is 43.0 Å². The van der Waals surface area contributed by atoms with Crippen LogP contribution in [0.4, 0.5) is 15.8 Å². The van der Waals surface area contributed by atoms with Gasteiger partial charge in [0.2, 0.25) is 17.7 Å². The van der Waals surface area contributed by atoms with Gasteiger partial charge in [-0.1, -0.05) is 54.6 Å². The number of anilines is 2. The van der Waals surface area contributed by atoms with Crippen molar-refractivity contribution in [3.63, 3.8) is 0 Å². The molecule has 5 aromatic carbocycles. The van der Waals surface area contributed by atoms with Crippen LogP contribution in [0.25, 0.3) is 21.5 Å². The van der Waals surface area contributed by atoms with Crippen LogP contribution in [0.1, 0.15) is 53.1 Å². The maximum absolute atomic E-state index is 16.3. The maximum atomic E-state index is 16.3. The van der Waals surface area contributed by atoms with Crippen molar-refractivity contribution in [2.45, 2.75) is 44.2 Å². The molecular weight excluding hydrogens is 808 g/mol. The summed E-state index contributed by atoms with van der Waals surface area (Å²) in [6, 6.07) is 24.2. The number of carbonyl (C=O) groups excluding carboxylic acids is 5. The van der Waals surface area contributed by atoms with E-state index in [4.69, 9.17) is 9.47 Å². The molecule has 1 unspecified atom stereocenters. The first-order chi connectivity index (χ1) is 29.4. The van der Waals surface area contributed by atoms with E-state index in [1.54, 1.807) is 18.2 Å². The van der Waals surface area contributed by atoms with Crippen molar-refractivity contribution in [1.29, 1.82) is 0 Å². The van der Waals surface area contributed by atoms with Crippen LogP contribution in [0, 0.1) is 5.82 Å². The number of likely N-dealkylation sites (tertiary alicyclic amines) is 1. The van der Waals surface area contributed by atoms with Crippen molar-refractivity contribution in [3.8, 4) is 11.5 Å². The molecule has 0 bridgehead atoms. The van der Waals surface area contributed by atoms with E-state index in [2.05, 4.69) is 15.5 Å². The van der Waals surface area contributed by atoms with Crippen LogP contribution in [0.2, 0.25) is 0 Å². The standard InChI is InChI=1S/C44H41FN6O9S/c45-41-33-22-29(10-9-28(33)21-36(60-25-26-5-2-1-3-6-26)42(41)50-24-39(54)48-61(50,57)58)59-20-17-46-38(53)23-49-18-15-27(16-19-49)30-11-12-34-40-31(30)7-4-8-32(40)44(56)51(34)35-13-14-37(52)47-43(35)55/h1-12,21-22,27,35H,13-20,23-25H2,(H,46,53)(H,48,54)(H,47,52,55). The highest BCUT2D eigenvalue weighted by molar-refractivity contribution is 7.92. The predicted octanol–water partition coefficient (Wildman–Crippen LogP) is 4.03. The van der Waals surface area contributed by atoms with Crippen LogP contribution in [0.5, 0.6) is 11.5 Å². The molecule has 3 saturated heterocycles. The smallest absolute Gasteiger partial charge is 0.326 e. The Morgan fingerprint density at radius 1 is 0.869 bits per heavy atom. The van der Waals surface area contributed by atoms with E-state index in [1.165, 1.54) is 17.0 Å². The highest BCUT2D eigenvalue weighted by atomic mass is 32.2. The van der Waals surface area contributed by atoms with Crippen LogP contribution in [-0.2, 0) is 36.0 Å². The fourth-order valence-electron chi connectivity index (χ4n) is 8.75. The Balaban J connectivity index is 0.803. The van der Waals surface area contributed by atoms with Gasteiger partial charge in [0.25, 0.3) is 11.8 Å². The molecule has 3 fully saturated rings. The summed E-state index contributed by atoms with van der Waals surface area (Å²) < 4.78 is 56.3. The lowest BCUT2D eigenvalue weighted by atomic mass is 9.85. The molecule has 4 heterocycles. The SMILES string of the molecule is O=C(CN1CCC(c2ccc3c4c(cccc24)C(=O)N3C2CCC(=O)NC2=O)CC1)NCCOc1ccc2cc(OCc3ccccc3)c(N3CC(=O)NS3(=O)=O)c(F)c2c1. The first-order valence-corrected chi connectivity index (χ1v) is 21.5. The molecule has 5 amide bonds. The number of rotatable bonds is 12. The Kier molecular flexibility index (Phi) is 10.5. The Hall–Kier alpha value is -6.59. The summed E-state index contributed by atoms with van der Waals surface area (Å²) in [5.74, 6) is -2.47. The molecule has 1 atom stereocenters. The van der Waals surface area contributed by atoms with Crippen molar-refractivity contribution in [2.75, 3.05) is 48.5 Å². The van der Waals surface area contributed by atoms with Gasteiger partial charge in [-0.15, -0.1) is 0 Å². The number of imide groups is 1. The minimum atomic E-state index is -4.36. The number of amides is 5. The summed E-state index contributed by atoms with van der Waals surface area (Å²) >= 11 is 0. The number of carbonyl (C=O) groups is 5. The normalized spacial score (nSPS) is 19.1. The second kappa shape index (κ2) is 16.1. The molecule has 15 nitrogen and oxygen atoms in total. The lowest BCUT2D eigenvalue weighted by Gasteiger charge is -2.33. The molecule has 4 aliphatic rings. The largest absolute Gasteiger partial charge is 0.492 e. The van der Waals surface area contributed by atoms with Crippen molar-refractivity contribution in [3.05, 3.63) is 107 Å². The number of halogens is 1. The van der Waals surface area contributed by atoms with Crippen molar-refractivity contribution in [1.82, 2.24) is 20.3 Å². The van der Waals surface area contributed by atoms with E-state index < -0.39 is 46.1 Å². The number of nitrogens with one attached hydrogen (secondary N) is 3. The molecule has 17 heteroatoms. The fraction of sp³-hybridized carbons (Fsp3) is 0.295. The Labute approximate surface area is 349 Å². The Morgan fingerprint density at radius 2 is 1.67 bits per heavy atom. The van der Waals surface area contributed by atoms with Crippen LogP contribution >= 0.6 is 0 Å². The monoisotopic (exact) mass is 848 g/mol. The summed E-state index contributed by atoms with van der Waals surface area (Å²) in [4.78, 5) is 66.7. The van der Waals surface area contributed by atoms with E-state index in [9.17, 15) is 32.4 Å². The van der Waals surface area contributed by atoms with Gasteiger partial charge in [0, 0.05) is 22.8 Å². The van der Waals surface area contributed by atoms with Gasteiger partial charge in [-0.05, 0) is 90.5 Å². The summed E-state index contributed by atoms with van der Waals surface area (Å²) in [6.07, 6.45) is 2.05. The zero-order chi connectivity index (χ0) is 42.4. The highest BCUT2D eigenvalue weighted by Gasteiger charge is 2.42. The zero-order valence-corrected chi connectivity index (χ0v) is 33.6. The minimum absolute atomic E-state index is 0.0336. The molecule has 3 N–H and O–H groups in total. The van der Waals surface area contributed by atoms with Crippen LogP contribution in [-0.4, -0.2) is 88.2 Å². The summed E-state index contributed by atoms with van der Waals surface area (Å²) in [7, 11) is -4.36. The van der Waals surface area contributed by atoms with Crippen molar-refractivity contribution < 1.29 is 46.3 Å². The first-order valence-electron chi connectivity index (χ1n) is 20.1. The third kappa shape index (κ3) is 7.70. The van der Waals surface area contributed by atoms with E-state index in [1.807, 2.05) is 59.3 Å². The van der Waals surface area contributed by atoms with Crippen molar-refractivity contribution in [2.24, 2.45) is 0 Å². The molecule has 0 aromatic heterocycles. The Morgan fingerprint density at radius 3 is 2.43 bits per heavy atom. The quantitative estimate of drug-likeness (QED) is 0.122. The van der Waals surface area contributed by atoms with Gasteiger partial charge >= 0.3 is 10.2 Å². The molecule has 9 rings (SSSR count). The van der Waals surface area contributed by atoms with Gasteiger partial charge < -0.3 is 14.8 Å². The third-order valence-corrected chi connectivity index (χ3v) is 13.0. The van der Waals surface area contributed by atoms with Gasteiger partial charge in [-0.25, -0.2) is 13.4 Å². The molecule has 5 aromatic rings. The summed E-state index contributed by atoms with van der Waals surface area (Å²) in [5.41, 5.74) is 2.73. The number of hydrogen-bond acceptors (Lipinski definition) is 10. The number of fused-ring (bicyclic) bond motifs is 1. The highest BCUT2D eigenvalue weighted by Crippen LogP contribution is 2.44. The molecule has 0 radical (unpaired) electrons. The maximum Gasteiger partial charge on any atom is 0.326 e. The van der Waals surface area contributed by atoms with Gasteiger partial charge in [-0.2, -0.15) is 8.42 Å². The second-order valence-corrected chi connectivity index (χ2v) is 17.1. The minimum Gasteiger partial charge on any atom is -0.492 e. The Bertz CT molecular complexity index is 2740. The van der Waals surface area contributed by atoms with E-state index in [0.29, 0.717) is 39.8 Å². The lowest BCUT2D eigenvalue weighted by Crippen LogP contribution is -2.53. The van der Waals surface area contributed by atoms with Gasteiger partial charge in [0.05, 0.1) is 18.8 Å². The first kappa shape index (κ1) is 39.8. The summed E-state index contributed by atoms with van der Waals surface area (Å²) in [6.45, 7) is 1.26. The number of nitrogens with zero attached hydrogens (tertiary/aromatic N) is 3. The number of hydrogen-bond donors (Lipinski definition) is 3. The van der Waals surface area contributed by atoms with Crippen molar-refractivity contribution >= 4 is 72.7 Å². The molecule has 4 aliphatic heterocycles. The molecular formula is C44H41FN6O9S. The lowest BCUT2D eigenvalue weighted by molar-refractivity contribution is -0.134. The summed E-state index contributed by atoms with van der Waals surface area (Å²) in [5, 5.41) is 7.51. The molecule has 314 valence electrons. The average molecular weight is 849 g/mol. The van der Waals surface area contributed by atoms with E-state index >= 15 is 4.39 Å². The zero-order valence-electron chi connectivity index (χ0n) is 32.8. The van der Waals surface area contributed by atoms with E-state index in [0.717, 1.165) is 34.7 Å². The van der Waals surface area contributed by atoms with Crippen LogP contribution in [0.15, 0.2) is 84.9 Å². The fourth-order valence-corrected chi connectivity index (χ4v) is 9.91. The second-order valence-electron chi connectivity index (χ2n) is 15.5. The molecule has 61 heavy (non-hydrogen) atoms. The molecule has 0 saturated carbocycles. The number of ether oxygens (including phenoxy) is 2. The topological polar surface area (TPSA) is 184 Å². The third-order valence-electron chi connectivity index (χ3n) is 11.7. The van der Waals surface area contributed by atoms with Gasteiger partial charge in [-0.3, -0.25) is 39.1 Å². The predicted molar refractivity (Wildman–Crippen MR) is 223 cm³/mol. The average Bonchev–Trinajstić information content (AvgIpc) is 3.69. The van der Waals surface area contributed by atoms with E-state index in [-0.39, 0.29) is 73.9 Å². The number of benzene rings is 5. The van der Waals surface area contributed by atoms with Crippen LogP contribution < -0.4 is 34.0 Å².